The van der Waals surface area contributed by atoms with E-state index in [2.05, 4.69) is 17.1 Å². The fraction of sp³-hybridized carbons (Fsp3) is 0.333. The molecular formula is C15H16N2O. The predicted octanol–water partition coefficient (Wildman–Crippen LogP) is 2.95. The van der Waals surface area contributed by atoms with Gasteiger partial charge in [-0.05, 0) is 25.3 Å². The van der Waals surface area contributed by atoms with Gasteiger partial charge in [0, 0.05) is 12.4 Å². The monoisotopic (exact) mass is 240 g/mol. The van der Waals surface area contributed by atoms with Crippen LogP contribution in [0.15, 0.2) is 42.7 Å². The largest absolute Gasteiger partial charge is 0.273 e. The van der Waals surface area contributed by atoms with Crippen molar-refractivity contribution in [2.75, 3.05) is 0 Å². The maximum atomic E-state index is 12.8. The number of carbonyl (C=O) groups excluding carboxylic acids is 1. The smallest absolute Gasteiger partial charge is 0.242 e. The van der Waals surface area contributed by atoms with Crippen molar-refractivity contribution in [3.63, 3.8) is 0 Å². The SMILES string of the molecule is Cc1nccn1C(=O)C1(c2ccccc2)CCC1. The molecule has 1 aromatic carbocycles. The number of hydrogen-bond donors (Lipinski definition) is 0. The number of benzene rings is 1. The average Bonchev–Trinajstić information content (AvgIpc) is 2.75. The second kappa shape index (κ2) is 4.09. The van der Waals surface area contributed by atoms with E-state index in [0.717, 1.165) is 30.7 Å². The highest BCUT2D eigenvalue weighted by Gasteiger charge is 2.46. The van der Waals surface area contributed by atoms with Gasteiger partial charge in [-0.2, -0.15) is 0 Å². The van der Waals surface area contributed by atoms with Gasteiger partial charge in [-0.3, -0.25) is 9.36 Å². The van der Waals surface area contributed by atoms with E-state index in [-0.39, 0.29) is 11.3 Å². The summed E-state index contributed by atoms with van der Waals surface area (Å²) in [6, 6.07) is 10.1. The maximum Gasteiger partial charge on any atom is 0.242 e. The third-order valence-electron chi connectivity index (χ3n) is 3.99. The van der Waals surface area contributed by atoms with Gasteiger partial charge in [-0.1, -0.05) is 36.8 Å². The minimum atomic E-state index is -0.327. The summed E-state index contributed by atoms with van der Waals surface area (Å²) in [6.45, 7) is 1.87. The Morgan fingerprint density at radius 3 is 2.50 bits per heavy atom. The quantitative estimate of drug-likeness (QED) is 0.809. The van der Waals surface area contributed by atoms with Gasteiger partial charge in [0.1, 0.15) is 5.82 Å². The number of hydrogen-bond acceptors (Lipinski definition) is 2. The Labute approximate surface area is 106 Å². The molecule has 0 unspecified atom stereocenters. The molecule has 0 radical (unpaired) electrons. The van der Waals surface area contributed by atoms with Crippen molar-refractivity contribution in [3.05, 3.63) is 54.1 Å². The Morgan fingerprint density at radius 2 is 2.00 bits per heavy atom. The van der Waals surface area contributed by atoms with Crippen LogP contribution in [0.2, 0.25) is 0 Å². The lowest BCUT2D eigenvalue weighted by Gasteiger charge is -2.40. The normalized spacial score (nSPS) is 17.2. The second-order valence-electron chi connectivity index (χ2n) is 4.95. The first-order valence-electron chi connectivity index (χ1n) is 6.34. The van der Waals surface area contributed by atoms with Crippen LogP contribution < -0.4 is 0 Å². The summed E-state index contributed by atoms with van der Waals surface area (Å²) in [4.78, 5) is 16.9. The molecule has 18 heavy (non-hydrogen) atoms. The van der Waals surface area contributed by atoms with Crippen LogP contribution in [0, 0.1) is 6.92 Å². The molecule has 3 nitrogen and oxygen atoms in total. The van der Waals surface area contributed by atoms with E-state index in [1.165, 1.54) is 0 Å². The Kier molecular flexibility index (Phi) is 2.54. The summed E-state index contributed by atoms with van der Waals surface area (Å²) in [5, 5.41) is 0. The molecule has 0 amide bonds. The summed E-state index contributed by atoms with van der Waals surface area (Å²) < 4.78 is 1.69. The van der Waals surface area contributed by atoms with Crippen molar-refractivity contribution >= 4 is 5.91 Å². The number of imidazole rings is 1. The van der Waals surface area contributed by atoms with E-state index >= 15 is 0 Å². The van der Waals surface area contributed by atoms with Crippen molar-refractivity contribution in [1.82, 2.24) is 9.55 Å². The highest BCUT2D eigenvalue weighted by Crippen LogP contribution is 2.45. The molecule has 0 aliphatic heterocycles. The van der Waals surface area contributed by atoms with Crippen molar-refractivity contribution in [2.45, 2.75) is 31.6 Å². The third-order valence-corrected chi connectivity index (χ3v) is 3.99. The van der Waals surface area contributed by atoms with Crippen LogP contribution in [0.25, 0.3) is 0 Å². The van der Waals surface area contributed by atoms with Crippen LogP contribution in [-0.2, 0) is 5.41 Å². The molecule has 1 heterocycles. The summed E-state index contributed by atoms with van der Waals surface area (Å²) in [5.74, 6) is 0.928. The lowest BCUT2D eigenvalue weighted by Crippen LogP contribution is -2.45. The fourth-order valence-electron chi connectivity index (χ4n) is 2.74. The first kappa shape index (κ1) is 11.2. The highest BCUT2D eigenvalue weighted by molar-refractivity contribution is 5.91. The van der Waals surface area contributed by atoms with E-state index in [9.17, 15) is 4.79 Å². The minimum Gasteiger partial charge on any atom is -0.273 e. The first-order chi connectivity index (χ1) is 8.74. The third kappa shape index (κ3) is 1.50. The van der Waals surface area contributed by atoms with Gasteiger partial charge in [-0.15, -0.1) is 0 Å². The molecule has 1 aliphatic rings. The van der Waals surface area contributed by atoms with Crippen LogP contribution >= 0.6 is 0 Å². The number of nitrogens with zero attached hydrogens (tertiary/aromatic N) is 2. The summed E-state index contributed by atoms with van der Waals surface area (Å²) in [6.07, 6.45) is 6.45. The molecule has 2 aromatic rings. The van der Waals surface area contributed by atoms with E-state index in [1.54, 1.807) is 17.0 Å². The summed E-state index contributed by atoms with van der Waals surface area (Å²) in [7, 11) is 0. The molecule has 3 rings (SSSR count). The van der Waals surface area contributed by atoms with Crippen LogP contribution in [0.3, 0.4) is 0 Å². The molecular weight excluding hydrogens is 224 g/mol. The molecule has 1 saturated carbocycles. The molecule has 1 fully saturated rings. The summed E-state index contributed by atoms with van der Waals surface area (Å²) >= 11 is 0. The van der Waals surface area contributed by atoms with Crippen molar-refractivity contribution in [3.8, 4) is 0 Å². The number of rotatable bonds is 2. The van der Waals surface area contributed by atoms with Crippen LogP contribution in [0.5, 0.6) is 0 Å². The van der Waals surface area contributed by atoms with Gasteiger partial charge in [0.05, 0.1) is 5.41 Å². The molecule has 0 bridgehead atoms. The molecule has 0 atom stereocenters. The molecule has 1 aromatic heterocycles. The van der Waals surface area contributed by atoms with Gasteiger partial charge < -0.3 is 0 Å². The topological polar surface area (TPSA) is 34.9 Å². The Hall–Kier alpha value is -1.90. The predicted molar refractivity (Wildman–Crippen MR) is 69.6 cm³/mol. The first-order valence-corrected chi connectivity index (χ1v) is 6.34. The molecule has 0 spiro atoms. The zero-order valence-corrected chi connectivity index (χ0v) is 10.5. The van der Waals surface area contributed by atoms with Crippen molar-refractivity contribution in [1.29, 1.82) is 0 Å². The van der Waals surface area contributed by atoms with E-state index in [0.29, 0.717) is 0 Å². The second-order valence-corrected chi connectivity index (χ2v) is 4.95. The molecule has 1 aliphatic carbocycles. The zero-order valence-electron chi connectivity index (χ0n) is 10.5. The minimum absolute atomic E-state index is 0.162. The number of carbonyl (C=O) groups is 1. The number of aryl methyl sites for hydroxylation is 1. The maximum absolute atomic E-state index is 12.8. The summed E-state index contributed by atoms with van der Waals surface area (Å²) in [5.41, 5.74) is 0.807. The number of aromatic nitrogens is 2. The Bertz CT molecular complexity index is 567. The highest BCUT2D eigenvalue weighted by atomic mass is 16.2. The van der Waals surface area contributed by atoms with Crippen LogP contribution in [0.1, 0.15) is 35.4 Å². The van der Waals surface area contributed by atoms with E-state index in [1.807, 2.05) is 25.1 Å². The van der Waals surface area contributed by atoms with Crippen LogP contribution in [-0.4, -0.2) is 15.5 Å². The van der Waals surface area contributed by atoms with Gasteiger partial charge in [0.25, 0.3) is 0 Å². The van der Waals surface area contributed by atoms with Gasteiger partial charge in [0.2, 0.25) is 5.91 Å². The fourth-order valence-corrected chi connectivity index (χ4v) is 2.74. The van der Waals surface area contributed by atoms with Gasteiger partial charge in [0.15, 0.2) is 0 Å². The lowest BCUT2D eigenvalue weighted by molar-refractivity contribution is 0.0691. The average molecular weight is 240 g/mol. The van der Waals surface area contributed by atoms with Crippen molar-refractivity contribution in [2.24, 2.45) is 0 Å². The Balaban J connectivity index is 2.03. The van der Waals surface area contributed by atoms with Crippen LogP contribution in [0.4, 0.5) is 0 Å². The van der Waals surface area contributed by atoms with Gasteiger partial charge >= 0.3 is 0 Å². The van der Waals surface area contributed by atoms with Gasteiger partial charge in [-0.25, -0.2) is 4.98 Å². The van der Waals surface area contributed by atoms with Crippen molar-refractivity contribution < 1.29 is 4.79 Å². The zero-order chi connectivity index (χ0) is 12.6. The van der Waals surface area contributed by atoms with E-state index in [4.69, 9.17) is 0 Å². The molecule has 0 N–H and O–H groups in total. The standard InChI is InChI=1S/C15H16N2O/c1-12-16-10-11-17(12)14(18)15(8-5-9-15)13-6-3-2-4-7-13/h2-4,6-7,10-11H,5,8-9H2,1H3. The lowest BCUT2D eigenvalue weighted by atomic mass is 9.63. The Morgan fingerprint density at radius 1 is 1.28 bits per heavy atom. The molecule has 0 saturated heterocycles. The molecule has 92 valence electrons. The molecule has 3 heteroatoms. The van der Waals surface area contributed by atoms with E-state index < -0.39 is 0 Å².